The van der Waals surface area contributed by atoms with E-state index in [9.17, 15) is 14.0 Å². The van der Waals surface area contributed by atoms with Gasteiger partial charge in [-0.2, -0.15) is 0 Å². The van der Waals surface area contributed by atoms with E-state index < -0.39 is 5.97 Å². The van der Waals surface area contributed by atoms with Gasteiger partial charge >= 0.3 is 5.97 Å². The summed E-state index contributed by atoms with van der Waals surface area (Å²) in [6.07, 6.45) is -0.361. The lowest BCUT2D eigenvalue weighted by atomic mass is 10.3. The predicted octanol–water partition coefficient (Wildman–Crippen LogP) is 1.88. The number of carbonyl (C=O) groups is 2. The molecule has 0 amide bonds. The number of carboxylic acid groups (broad SMARTS) is 1. The molecule has 0 radical (unpaired) electrons. The van der Waals surface area contributed by atoms with E-state index in [1.165, 1.54) is 19.1 Å². The first-order valence-electron chi connectivity index (χ1n) is 3.94. The van der Waals surface area contributed by atoms with Gasteiger partial charge in [0.05, 0.1) is 0 Å². The molecule has 3 nitrogen and oxygen atoms in total. The summed E-state index contributed by atoms with van der Waals surface area (Å²) in [6.45, 7) is 1.24. The van der Waals surface area contributed by atoms with Gasteiger partial charge in [0, 0.05) is 0 Å². The van der Waals surface area contributed by atoms with Crippen molar-refractivity contribution in [3.8, 4) is 0 Å². The second kappa shape index (κ2) is 6.77. The third kappa shape index (κ3) is 8.39. The Hall–Kier alpha value is -1.71. The molecule has 0 atom stereocenters. The fraction of sp³-hybridized carbons (Fsp3) is 0.200. The van der Waals surface area contributed by atoms with E-state index in [4.69, 9.17) is 5.11 Å². The summed E-state index contributed by atoms with van der Waals surface area (Å²) >= 11 is 0. The van der Waals surface area contributed by atoms with Crippen molar-refractivity contribution in [1.82, 2.24) is 0 Å². The molecule has 14 heavy (non-hydrogen) atoms. The first kappa shape index (κ1) is 12.3. The van der Waals surface area contributed by atoms with Crippen LogP contribution in [0.2, 0.25) is 0 Å². The quantitative estimate of drug-likeness (QED) is 0.738. The first-order chi connectivity index (χ1) is 6.52. The number of rotatable bonds is 2. The minimum absolute atomic E-state index is 0.178. The zero-order chi connectivity index (χ0) is 11.0. The summed E-state index contributed by atoms with van der Waals surface area (Å²) in [5, 5.41) is 7.86. The minimum atomic E-state index is -1.06. The summed E-state index contributed by atoms with van der Waals surface area (Å²) in [5.41, 5.74) is 0. The van der Waals surface area contributed by atoms with Gasteiger partial charge in [-0.05, 0) is 19.1 Å². The van der Waals surface area contributed by atoms with Gasteiger partial charge in [0.25, 0.3) is 0 Å². The van der Waals surface area contributed by atoms with E-state index in [0.29, 0.717) is 0 Å². The van der Waals surface area contributed by atoms with Gasteiger partial charge in [-0.25, -0.2) is 4.39 Å². The average molecular weight is 198 g/mol. The number of carbonyl (C=O) groups excluding carboxylic acids is 1. The number of halogens is 1. The molecule has 0 saturated heterocycles. The molecule has 0 aromatic heterocycles. The highest BCUT2D eigenvalue weighted by molar-refractivity contribution is 5.93. The molecule has 0 spiro atoms. The lowest BCUT2D eigenvalue weighted by Gasteiger charge is -1.80. The Bertz CT molecular complexity index is 283. The van der Waals surface area contributed by atoms with Gasteiger partial charge in [0.15, 0.2) is 0 Å². The zero-order valence-corrected chi connectivity index (χ0v) is 7.74. The molecule has 0 unspecified atom stereocenters. The number of hydrogen-bond acceptors (Lipinski definition) is 2. The smallest absolute Gasteiger partial charge is 0.310 e. The number of Topliss-reactive ketones (excluding diaryl/α,β-unsaturated/α-hetero) is 1. The third-order valence-electron chi connectivity index (χ3n) is 1.13. The van der Waals surface area contributed by atoms with Crippen molar-refractivity contribution in [2.24, 2.45) is 0 Å². The monoisotopic (exact) mass is 198 g/mol. The Kier molecular flexibility index (Phi) is 5.94. The maximum Gasteiger partial charge on any atom is 0.310 e. The highest BCUT2D eigenvalue weighted by atomic mass is 19.1. The second-order valence-electron chi connectivity index (χ2n) is 2.57. The van der Waals surface area contributed by atoms with Crippen molar-refractivity contribution in [2.45, 2.75) is 13.3 Å². The van der Waals surface area contributed by atoms with Gasteiger partial charge in [-0.3, -0.25) is 9.59 Å². The molecule has 0 aliphatic rings. The van der Waals surface area contributed by atoms with Crippen LogP contribution in [0.15, 0.2) is 30.3 Å². The van der Waals surface area contributed by atoms with Crippen LogP contribution in [0.25, 0.3) is 0 Å². The number of carboxylic acids is 1. The molecular weight excluding hydrogens is 187 g/mol. The van der Waals surface area contributed by atoms with Crippen LogP contribution in [0.5, 0.6) is 0 Å². The number of benzene rings is 1. The third-order valence-corrected chi connectivity index (χ3v) is 1.13. The average Bonchev–Trinajstić information content (AvgIpc) is 2.03. The lowest BCUT2D eigenvalue weighted by Crippen LogP contribution is -2.00. The van der Waals surface area contributed by atoms with Gasteiger partial charge in [-0.15, -0.1) is 0 Å². The van der Waals surface area contributed by atoms with E-state index in [0.717, 1.165) is 0 Å². The van der Waals surface area contributed by atoms with Crippen LogP contribution in [-0.4, -0.2) is 16.9 Å². The van der Waals surface area contributed by atoms with E-state index in [1.807, 2.05) is 0 Å². The minimum Gasteiger partial charge on any atom is -0.481 e. The molecule has 1 aromatic carbocycles. The first-order valence-corrected chi connectivity index (χ1v) is 3.94. The van der Waals surface area contributed by atoms with E-state index >= 15 is 0 Å². The normalized spacial score (nSPS) is 8.43. The van der Waals surface area contributed by atoms with Crippen molar-refractivity contribution in [1.29, 1.82) is 0 Å². The number of aliphatic carboxylic acids is 1. The number of hydrogen-bond donors (Lipinski definition) is 1. The molecule has 76 valence electrons. The zero-order valence-electron chi connectivity index (χ0n) is 7.74. The SMILES string of the molecule is CC(=O)CC(=O)O.Fc1ccccc1. The van der Waals surface area contributed by atoms with Crippen molar-refractivity contribution in [3.05, 3.63) is 36.1 Å². The van der Waals surface area contributed by atoms with Crippen LogP contribution in [-0.2, 0) is 9.59 Å². The molecule has 0 aliphatic carbocycles. The summed E-state index contributed by atoms with van der Waals surface area (Å²) in [6, 6.07) is 7.94. The molecule has 4 heteroatoms. The highest BCUT2D eigenvalue weighted by Crippen LogP contribution is 1.91. The summed E-state index contributed by atoms with van der Waals surface area (Å²) in [7, 11) is 0. The fourth-order valence-corrected chi connectivity index (χ4v) is 0.628. The van der Waals surface area contributed by atoms with Gasteiger partial charge in [-0.1, -0.05) is 18.2 Å². The summed E-state index contributed by atoms with van der Waals surface area (Å²) in [4.78, 5) is 19.5. The Morgan fingerprint density at radius 3 is 1.93 bits per heavy atom. The fourth-order valence-electron chi connectivity index (χ4n) is 0.628. The van der Waals surface area contributed by atoms with Crippen molar-refractivity contribution < 1.29 is 19.1 Å². The van der Waals surface area contributed by atoms with Gasteiger partial charge in [0.2, 0.25) is 0 Å². The lowest BCUT2D eigenvalue weighted by molar-refractivity contribution is -0.139. The summed E-state index contributed by atoms with van der Waals surface area (Å²) < 4.78 is 11.9. The molecule has 0 aliphatic heterocycles. The Morgan fingerprint density at radius 2 is 1.79 bits per heavy atom. The van der Waals surface area contributed by atoms with Crippen LogP contribution in [0, 0.1) is 5.82 Å². The highest BCUT2D eigenvalue weighted by Gasteiger charge is 1.98. The Balaban J connectivity index is 0.000000241. The van der Waals surface area contributed by atoms with Crippen LogP contribution in [0.4, 0.5) is 4.39 Å². The van der Waals surface area contributed by atoms with E-state index in [2.05, 4.69) is 0 Å². The molecule has 0 saturated carbocycles. The van der Waals surface area contributed by atoms with Crippen LogP contribution in [0.3, 0.4) is 0 Å². The molecular formula is C10H11FO3. The largest absolute Gasteiger partial charge is 0.481 e. The van der Waals surface area contributed by atoms with E-state index in [-0.39, 0.29) is 18.0 Å². The molecule has 1 aromatic rings. The maximum absolute atomic E-state index is 11.9. The molecule has 1 N–H and O–H groups in total. The Labute approximate surface area is 81.2 Å². The van der Waals surface area contributed by atoms with Gasteiger partial charge < -0.3 is 5.11 Å². The molecule has 0 bridgehead atoms. The summed E-state index contributed by atoms with van der Waals surface area (Å²) in [5.74, 6) is -1.55. The van der Waals surface area contributed by atoms with Crippen LogP contribution in [0.1, 0.15) is 13.3 Å². The molecule has 0 heterocycles. The van der Waals surface area contributed by atoms with E-state index in [1.54, 1.807) is 18.2 Å². The standard InChI is InChI=1S/C6H5F.C4H6O3/c7-6-4-2-1-3-5-6;1-3(5)2-4(6)7/h1-5H;2H2,1H3,(H,6,7). The maximum atomic E-state index is 11.9. The van der Waals surface area contributed by atoms with Crippen LogP contribution < -0.4 is 0 Å². The van der Waals surface area contributed by atoms with Gasteiger partial charge in [0.1, 0.15) is 18.0 Å². The second-order valence-corrected chi connectivity index (χ2v) is 2.57. The molecule has 1 rings (SSSR count). The van der Waals surface area contributed by atoms with Crippen LogP contribution >= 0.6 is 0 Å². The number of ketones is 1. The molecule has 0 fully saturated rings. The Morgan fingerprint density at radius 1 is 1.29 bits per heavy atom. The van der Waals surface area contributed by atoms with Crippen molar-refractivity contribution in [2.75, 3.05) is 0 Å². The topological polar surface area (TPSA) is 54.4 Å². The van der Waals surface area contributed by atoms with Crippen molar-refractivity contribution >= 4 is 11.8 Å². The van der Waals surface area contributed by atoms with Crippen molar-refractivity contribution in [3.63, 3.8) is 0 Å². The predicted molar refractivity (Wildman–Crippen MR) is 49.3 cm³/mol.